The third-order valence-corrected chi connectivity index (χ3v) is 4.27. The maximum Gasteiger partial charge on any atom is 0.261 e. The van der Waals surface area contributed by atoms with Crippen molar-refractivity contribution in [1.29, 1.82) is 0 Å². The van der Waals surface area contributed by atoms with E-state index in [0.717, 1.165) is 11.3 Å². The van der Waals surface area contributed by atoms with E-state index in [-0.39, 0.29) is 11.8 Å². The van der Waals surface area contributed by atoms with Gasteiger partial charge in [-0.05, 0) is 36.1 Å². The van der Waals surface area contributed by atoms with Crippen molar-refractivity contribution in [1.82, 2.24) is 10.6 Å². The number of nitrogens with one attached hydrogen (secondary N) is 2. The summed E-state index contributed by atoms with van der Waals surface area (Å²) in [7, 11) is 3.96. The number of anilines is 1. The molecule has 0 radical (unpaired) electrons. The van der Waals surface area contributed by atoms with Gasteiger partial charge in [0.2, 0.25) is 5.91 Å². The van der Waals surface area contributed by atoms with Crippen LogP contribution >= 0.6 is 11.3 Å². The molecule has 1 aromatic carbocycles. The lowest BCUT2D eigenvalue weighted by molar-refractivity contribution is -0.122. The number of thiophene rings is 1. The van der Waals surface area contributed by atoms with Gasteiger partial charge in [0.1, 0.15) is 6.04 Å². The van der Waals surface area contributed by atoms with E-state index in [1.165, 1.54) is 11.3 Å². The first-order chi connectivity index (χ1) is 11.0. The minimum Gasteiger partial charge on any atom is -0.378 e. The molecule has 6 heteroatoms. The second kappa shape index (κ2) is 7.78. The zero-order valence-corrected chi connectivity index (χ0v) is 14.3. The Labute approximate surface area is 140 Å². The SMILES string of the molecule is CC(NC(=O)c1cccs1)C(=O)NCc1ccc(N(C)C)cc1. The van der Waals surface area contributed by atoms with Crippen LogP contribution in [0.2, 0.25) is 0 Å². The summed E-state index contributed by atoms with van der Waals surface area (Å²) in [6.07, 6.45) is 0. The lowest BCUT2D eigenvalue weighted by Gasteiger charge is -2.15. The number of carbonyl (C=O) groups excluding carboxylic acids is 2. The van der Waals surface area contributed by atoms with Crippen LogP contribution in [-0.4, -0.2) is 32.0 Å². The third-order valence-electron chi connectivity index (χ3n) is 3.41. The van der Waals surface area contributed by atoms with Gasteiger partial charge in [-0.1, -0.05) is 18.2 Å². The first-order valence-electron chi connectivity index (χ1n) is 7.35. The molecule has 1 heterocycles. The monoisotopic (exact) mass is 331 g/mol. The summed E-state index contributed by atoms with van der Waals surface area (Å²) < 4.78 is 0. The number of amides is 2. The Morgan fingerprint density at radius 3 is 2.43 bits per heavy atom. The number of hydrogen-bond acceptors (Lipinski definition) is 4. The van der Waals surface area contributed by atoms with E-state index < -0.39 is 6.04 Å². The van der Waals surface area contributed by atoms with Gasteiger partial charge < -0.3 is 15.5 Å². The van der Waals surface area contributed by atoms with Crippen molar-refractivity contribution in [3.8, 4) is 0 Å². The van der Waals surface area contributed by atoms with Gasteiger partial charge in [0.25, 0.3) is 5.91 Å². The van der Waals surface area contributed by atoms with E-state index in [4.69, 9.17) is 0 Å². The zero-order valence-electron chi connectivity index (χ0n) is 13.5. The molecule has 23 heavy (non-hydrogen) atoms. The molecule has 1 unspecified atom stereocenters. The van der Waals surface area contributed by atoms with E-state index in [1.807, 2.05) is 54.7 Å². The minimum absolute atomic E-state index is 0.202. The average molecular weight is 331 g/mol. The smallest absolute Gasteiger partial charge is 0.261 e. The molecule has 0 aliphatic rings. The summed E-state index contributed by atoms with van der Waals surface area (Å²) in [6, 6.07) is 10.9. The molecular formula is C17H21N3O2S. The standard InChI is InChI=1S/C17H21N3O2S/c1-12(19-17(22)15-5-4-10-23-15)16(21)18-11-13-6-8-14(9-7-13)20(2)3/h4-10,12H,11H2,1-3H3,(H,18,21)(H,19,22). The summed E-state index contributed by atoms with van der Waals surface area (Å²) in [5, 5.41) is 7.36. The molecule has 0 aliphatic carbocycles. The normalized spacial score (nSPS) is 11.6. The summed E-state index contributed by atoms with van der Waals surface area (Å²) >= 11 is 1.35. The molecule has 2 rings (SSSR count). The van der Waals surface area contributed by atoms with Gasteiger partial charge in [0.15, 0.2) is 0 Å². The van der Waals surface area contributed by atoms with Gasteiger partial charge in [-0.3, -0.25) is 9.59 Å². The van der Waals surface area contributed by atoms with Crippen molar-refractivity contribution in [2.75, 3.05) is 19.0 Å². The number of nitrogens with zero attached hydrogens (tertiary/aromatic N) is 1. The Kier molecular flexibility index (Phi) is 5.76. The van der Waals surface area contributed by atoms with Crippen LogP contribution in [0.1, 0.15) is 22.2 Å². The highest BCUT2D eigenvalue weighted by Crippen LogP contribution is 2.12. The van der Waals surface area contributed by atoms with E-state index in [9.17, 15) is 9.59 Å². The van der Waals surface area contributed by atoms with Crippen LogP contribution in [0.3, 0.4) is 0 Å². The third kappa shape index (κ3) is 4.82. The summed E-state index contributed by atoms with van der Waals surface area (Å²) in [4.78, 5) is 26.6. The molecule has 2 amide bonds. The van der Waals surface area contributed by atoms with Crippen LogP contribution in [0.4, 0.5) is 5.69 Å². The molecular weight excluding hydrogens is 310 g/mol. The molecule has 0 spiro atoms. The minimum atomic E-state index is -0.578. The Balaban J connectivity index is 1.82. The molecule has 1 atom stereocenters. The molecule has 0 fully saturated rings. The summed E-state index contributed by atoms with van der Waals surface area (Å²) in [5.74, 6) is -0.426. The second-order valence-corrected chi connectivity index (χ2v) is 6.40. The fourth-order valence-corrected chi connectivity index (χ4v) is 2.62. The maximum absolute atomic E-state index is 12.1. The molecule has 0 aliphatic heterocycles. The highest BCUT2D eigenvalue weighted by molar-refractivity contribution is 7.12. The van der Waals surface area contributed by atoms with Crippen molar-refractivity contribution in [2.24, 2.45) is 0 Å². The largest absolute Gasteiger partial charge is 0.378 e. The van der Waals surface area contributed by atoms with Crippen LogP contribution in [-0.2, 0) is 11.3 Å². The van der Waals surface area contributed by atoms with Crippen molar-refractivity contribution >= 4 is 28.8 Å². The highest BCUT2D eigenvalue weighted by Gasteiger charge is 2.16. The fourth-order valence-electron chi connectivity index (χ4n) is 2.00. The van der Waals surface area contributed by atoms with Crippen LogP contribution in [0.25, 0.3) is 0 Å². The van der Waals surface area contributed by atoms with Crippen LogP contribution in [0.5, 0.6) is 0 Å². The highest BCUT2D eigenvalue weighted by atomic mass is 32.1. The van der Waals surface area contributed by atoms with Crippen LogP contribution in [0.15, 0.2) is 41.8 Å². The van der Waals surface area contributed by atoms with E-state index in [2.05, 4.69) is 10.6 Å². The van der Waals surface area contributed by atoms with Gasteiger partial charge in [0, 0.05) is 26.3 Å². The van der Waals surface area contributed by atoms with Crippen molar-refractivity contribution < 1.29 is 9.59 Å². The van der Waals surface area contributed by atoms with Crippen LogP contribution < -0.4 is 15.5 Å². The zero-order chi connectivity index (χ0) is 16.8. The quantitative estimate of drug-likeness (QED) is 0.853. The maximum atomic E-state index is 12.1. The molecule has 0 saturated heterocycles. The Morgan fingerprint density at radius 1 is 1.17 bits per heavy atom. The van der Waals surface area contributed by atoms with Crippen molar-refractivity contribution in [3.05, 3.63) is 52.2 Å². The number of hydrogen-bond donors (Lipinski definition) is 2. The van der Waals surface area contributed by atoms with Gasteiger partial charge >= 0.3 is 0 Å². The fraction of sp³-hybridized carbons (Fsp3) is 0.294. The lowest BCUT2D eigenvalue weighted by Crippen LogP contribution is -2.44. The molecule has 2 aromatic rings. The first-order valence-corrected chi connectivity index (χ1v) is 8.23. The number of benzene rings is 1. The molecule has 0 saturated carbocycles. The molecule has 5 nitrogen and oxygen atoms in total. The van der Waals surface area contributed by atoms with E-state index in [0.29, 0.717) is 11.4 Å². The predicted octanol–water partition coefficient (Wildman–Crippen LogP) is 2.25. The molecule has 1 aromatic heterocycles. The Bertz CT molecular complexity index is 651. The molecule has 122 valence electrons. The van der Waals surface area contributed by atoms with Crippen molar-refractivity contribution in [3.63, 3.8) is 0 Å². The average Bonchev–Trinajstić information content (AvgIpc) is 3.07. The lowest BCUT2D eigenvalue weighted by atomic mass is 10.2. The number of carbonyl (C=O) groups is 2. The first kappa shape index (κ1) is 17.0. The molecule has 2 N–H and O–H groups in total. The van der Waals surface area contributed by atoms with Gasteiger partial charge in [0.05, 0.1) is 4.88 Å². The second-order valence-electron chi connectivity index (χ2n) is 5.45. The summed E-state index contributed by atoms with van der Waals surface area (Å²) in [6.45, 7) is 2.11. The topological polar surface area (TPSA) is 61.4 Å². The molecule has 0 bridgehead atoms. The van der Waals surface area contributed by atoms with Gasteiger partial charge in [-0.25, -0.2) is 0 Å². The van der Waals surface area contributed by atoms with E-state index >= 15 is 0 Å². The predicted molar refractivity (Wildman–Crippen MR) is 93.9 cm³/mol. The van der Waals surface area contributed by atoms with Gasteiger partial charge in [-0.2, -0.15) is 0 Å². The number of rotatable bonds is 6. The van der Waals surface area contributed by atoms with Gasteiger partial charge in [-0.15, -0.1) is 11.3 Å². The van der Waals surface area contributed by atoms with Crippen LogP contribution in [0, 0.1) is 0 Å². The van der Waals surface area contributed by atoms with Crippen molar-refractivity contribution in [2.45, 2.75) is 19.5 Å². The Hall–Kier alpha value is -2.34. The summed E-state index contributed by atoms with van der Waals surface area (Å²) in [5.41, 5.74) is 2.12. The Morgan fingerprint density at radius 2 is 1.87 bits per heavy atom. The van der Waals surface area contributed by atoms with E-state index in [1.54, 1.807) is 13.0 Å².